The third-order valence-electron chi connectivity index (χ3n) is 4.39. The lowest BCUT2D eigenvalue weighted by molar-refractivity contribution is -0.0711. The van der Waals surface area contributed by atoms with E-state index in [0.717, 1.165) is 30.8 Å². The lowest BCUT2D eigenvalue weighted by Crippen LogP contribution is -2.47. The van der Waals surface area contributed by atoms with Crippen molar-refractivity contribution in [3.8, 4) is 0 Å². The molecular weight excluding hydrogens is 273 g/mol. The molecule has 2 aliphatic heterocycles. The molecule has 0 amide bonds. The van der Waals surface area contributed by atoms with Crippen LogP contribution < -0.4 is 5.32 Å². The molecule has 2 unspecified atom stereocenters. The summed E-state index contributed by atoms with van der Waals surface area (Å²) in [6.07, 6.45) is 3.30. The Morgan fingerprint density at radius 2 is 2.40 bits per heavy atom. The predicted molar refractivity (Wildman–Crippen MR) is 81.6 cm³/mol. The topological polar surface area (TPSA) is 21.3 Å². The fourth-order valence-corrected chi connectivity index (χ4v) is 4.64. The summed E-state index contributed by atoms with van der Waals surface area (Å²) < 4.78 is 19.3. The van der Waals surface area contributed by atoms with E-state index in [4.69, 9.17) is 4.74 Å². The zero-order chi connectivity index (χ0) is 14.0. The van der Waals surface area contributed by atoms with E-state index in [1.807, 2.05) is 17.8 Å². The first-order valence-corrected chi connectivity index (χ1v) is 8.56. The van der Waals surface area contributed by atoms with Crippen molar-refractivity contribution in [2.24, 2.45) is 0 Å². The van der Waals surface area contributed by atoms with Gasteiger partial charge in [-0.1, -0.05) is 12.1 Å². The van der Waals surface area contributed by atoms with Gasteiger partial charge in [0.25, 0.3) is 0 Å². The van der Waals surface area contributed by atoms with E-state index >= 15 is 0 Å². The Balaban J connectivity index is 1.62. The summed E-state index contributed by atoms with van der Waals surface area (Å²) in [5.41, 5.74) is 1.12. The average Bonchev–Trinajstić information content (AvgIpc) is 2.87. The molecular formula is C16H22FNOS. The zero-order valence-electron chi connectivity index (χ0n) is 11.9. The Morgan fingerprint density at radius 3 is 3.15 bits per heavy atom. The van der Waals surface area contributed by atoms with E-state index in [1.54, 1.807) is 12.1 Å². The highest BCUT2D eigenvalue weighted by Crippen LogP contribution is 2.38. The first-order valence-electron chi connectivity index (χ1n) is 7.40. The van der Waals surface area contributed by atoms with Crippen LogP contribution in [-0.2, 0) is 4.74 Å². The molecule has 1 N–H and O–H groups in total. The highest BCUT2D eigenvalue weighted by atomic mass is 32.2. The van der Waals surface area contributed by atoms with Gasteiger partial charge < -0.3 is 10.1 Å². The number of rotatable bonds is 3. The van der Waals surface area contributed by atoms with Crippen LogP contribution in [0.15, 0.2) is 24.3 Å². The fourth-order valence-electron chi connectivity index (χ4n) is 3.26. The van der Waals surface area contributed by atoms with E-state index < -0.39 is 0 Å². The van der Waals surface area contributed by atoms with E-state index in [1.165, 1.54) is 18.2 Å². The van der Waals surface area contributed by atoms with Crippen molar-refractivity contribution in [3.05, 3.63) is 35.6 Å². The molecule has 1 spiro atoms. The van der Waals surface area contributed by atoms with Gasteiger partial charge in [-0.3, -0.25) is 0 Å². The minimum atomic E-state index is -0.160. The van der Waals surface area contributed by atoms with Crippen LogP contribution in [0.1, 0.15) is 37.8 Å². The Morgan fingerprint density at radius 1 is 1.50 bits per heavy atom. The van der Waals surface area contributed by atoms with Gasteiger partial charge in [0.2, 0.25) is 0 Å². The van der Waals surface area contributed by atoms with E-state index in [2.05, 4.69) is 12.2 Å². The molecule has 4 heteroatoms. The maximum atomic E-state index is 13.3. The normalized spacial score (nSPS) is 31.6. The third kappa shape index (κ3) is 3.18. The SMILES string of the molecule is C[C@H](NC1CCOC2(CCSC2)C1)c1cccc(F)c1. The molecule has 0 radical (unpaired) electrons. The van der Waals surface area contributed by atoms with Crippen molar-refractivity contribution >= 4 is 11.8 Å². The van der Waals surface area contributed by atoms with Crippen LogP contribution in [0.2, 0.25) is 0 Å². The summed E-state index contributed by atoms with van der Waals surface area (Å²) in [5, 5.41) is 3.66. The molecule has 2 heterocycles. The summed E-state index contributed by atoms with van der Waals surface area (Å²) >= 11 is 2.00. The molecule has 0 aromatic heterocycles. The molecule has 2 aliphatic rings. The van der Waals surface area contributed by atoms with Gasteiger partial charge >= 0.3 is 0 Å². The van der Waals surface area contributed by atoms with Gasteiger partial charge in [0.05, 0.1) is 5.60 Å². The van der Waals surface area contributed by atoms with Crippen LogP contribution in [0.3, 0.4) is 0 Å². The third-order valence-corrected chi connectivity index (χ3v) is 5.62. The van der Waals surface area contributed by atoms with Crippen LogP contribution in [0.4, 0.5) is 4.39 Å². The quantitative estimate of drug-likeness (QED) is 0.922. The van der Waals surface area contributed by atoms with Gasteiger partial charge in [0.15, 0.2) is 0 Å². The second kappa shape index (κ2) is 6.04. The largest absolute Gasteiger partial charge is 0.374 e. The standard InChI is InChI=1S/C16H22FNOS/c1-12(13-3-2-4-14(17)9-13)18-15-5-7-19-16(10-15)6-8-20-11-16/h2-4,9,12,15,18H,5-8,10-11H2,1H3/t12-,15?,16?/m0/s1. The Kier molecular flexibility index (Phi) is 4.34. The zero-order valence-corrected chi connectivity index (χ0v) is 12.7. The smallest absolute Gasteiger partial charge is 0.123 e. The summed E-state index contributed by atoms with van der Waals surface area (Å²) in [6, 6.07) is 7.54. The van der Waals surface area contributed by atoms with E-state index in [-0.39, 0.29) is 17.5 Å². The number of halogens is 1. The lowest BCUT2D eigenvalue weighted by Gasteiger charge is -2.39. The van der Waals surface area contributed by atoms with Crippen molar-refractivity contribution in [3.63, 3.8) is 0 Å². The fraction of sp³-hybridized carbons (Fsp3) is 0.625. The molecule has 20 heavy (non-hydrogen) atoms. The minimum absolute atomic E-state index is 0.0994. The van der Waals surface area contributed by atoms with E-state index in [9.17, 15) is 4.39 Å². The number of hydrogen-bond donors (Lipinski definition) is 1. The second-order valence-electron chi connectivity index (χ2n) is 5.97. The van der Waals surface area contributed by atoms with Gasteiger partial charge in [0.1, 0.15) is 5.82 Å². The van der Waals surface area contributed by atoms with E-state index in [0.29, 0.717) is 6.04 Å². The highest BCUT2D eigenvalue weighted by Gasteiger charge is 2.40. The van der Waals surface area contributed by atoms with Crippen molar-refractivity contribution in [2.45, 2.75) is 43.9 Å². The summed E-state index contributed by atoms with van der Waals surface area (Å²) in [4.78, 5) is 0. The van der Waals surface area contributed by atoms with Crippen LogP contribution in [-0.4, -0.2) is 29.8 Å². The molecule has 1 aromatic carbocycles. The Labute approximate surface area is 124 Å². The molecule has 0 saturated carbocycles. The number of ether oxygens (including phenoxy) is 1. The number of thioether (sulfide) groups is 1. The van der Waals surface area contributed by atoms with Crippen molar-refractivity contribution in [1.29, 1.82) is 0 Å². The lowest BCUT2D eigenvalue weighted by atomic mass is 9.89. The molecule has 3 atom stereocenters. The van der Waals surface area contributed by atoms with Crippen LogP contribution >= 0.6 is 11.8 Å². The molecule has 2 fully saturated rings. The Bertz CT molecular complexity index is 462. The van der Waals surface area contributed by atoms with Gasteiger partial charge in [-0.05, 0) is 49.6 Å². The second-order valence-corrected chi connectivity index (χ2v) is 7.07. The first-order chi connectivity index (χ1) is 9.67. The van der Waals surface area contributed by atoms with Crippen molar-refractivity contribution in [2.75, 3.05) is 18.1 Å². The summed E-state index contributed by atoms with van der Waals surface area (Å²) in [6.45, 7) is 2.95. The molecule has 1 aromatic rings. The van der Waals surface area contributed by atoms with Crippen molar-refractivity contribution < 1.29 is 9.13 Å². The van der Waals surface area contributed by atoms with Gasteiger partial charge in [-0.25, -0.2) is 4.39 Å². The minimum Gasteiger partial charge on any atom is -0.374 e. The average molecular weight is 295 g/mol. The summed E-state index contributed by atoms with van der Waals surface area (Å²) in [7, 11) is 0. The number of hydrogen-bond acceptors (Lipinski definition) is 3. The number of nitrogens with one attached hydrogen (secondary N) is 1. The number of benzene rings is 1. The molecule has 0 bridgehead atoms. The summed E-state index contributed by atoms with van der Waals surface area (Å²) in [5.74, 6) is 2.18. The monoisotopic (exact) mass is 295 g/mol. The van der Waals surface area contributed by atoms with Crippen LogP contribution in [0.25, 0.3) is 0 Å². The maximum Gasteiger partial charge on any atom is 0.123 e. The van der Waals surface area contributed by atoms with Gasteiger partial charge in [0, 0.05) is 24.4 Å². The first kappa shape index (κ1) is 14.4. The van der Waals surface area contributed by atoms with Crippen molar-refractivity contribution in [1.82, 2.24) is 5.32 Å². The molecule has 3 rings (SSSR count). The molecule has 2 saturated heterocycles. The molecule has 0 aliphatic carbocycles. The van der Waals surface area contributed by atoms with Gasteiger partial charge in [-0.15, -0.1) is 0 Å². The Hall–Kier alpha value is -0.580. The highest BCUT2D eigenvalue weighted by molar-refractivity contribution is 7.99. The van der Waals surface area contributed by atoms with Gasteiger partial charge in [-0.2, -0.15) is 11.8 Å². The predicted octanol–water partition coefficient (Wildman–Crippen LogP) is 3.53. The van der Waals surface area contributed by atoms with Crippen LogP contribution in [0, 0.1) is 5.82 Å². The van der Waals surface area contributed by atoms with Crippen LogP contribution in [0.5, 0.6) is 0 Å². The molecule has 110 valence electrons. The molecule has 2 nitrogen and oxygen atoms in total. The maximum absolute atomic E-state index is 13.3.